The molecule has 1 aromatic carbocycles. The Bertz CT molecular complexity index is 1790. The number of pyridine rings is 2. The monoisotopic (exact) mass is 593 g/mol. The van der Waals surface area contributed by atoms with Gasteiger partial charge in [-0.25, -0.2) is 9.97 Å². The Labute approximate surface area is 258 Å². The lowest BCUT2D eigenvalue weighted by Gasteiger charge is -2.50. The maximum absolute atomic E-state index is 13.9. The molecule has 0 unspecified atom stereocenters. The maximum Gasteiger partial charge on any atom is 0.248 e. The van der Waals surface area contributed by atoms with E-state index < -0.39 is 5.41 Å². The van der Waals surface area contributed by atoms with Crippen molar-refractivity contribution in [1.82, 2.24) is 24.4 Å². The van der Waals surface area contributed by atoms with E-state index in [4.69, 9.17) is 9.97 Å². The molecule has 3 aliphatic rings. The second-order valence-electron chi connectivity index (χ2n) is 14.6. The number of anilines is 3. The average Bonchev–Trinajstić information content (AvgIpc) is 3.46. The van der Waals surface area contributed by atoms with Gasteiger partial charge in [-0.3, -0.25) is 14.5 Å². The number of nitrogens with zero attached hydrogens (tertiary/aromatic N) is 5. The van der Waals surface area contributed by atoms with Crippen LogP contribution in [0.2, 0.25) is 0 Å². The van der Waals surface area contributed by atoms with E-state index in [0.717, 1.165) is 65.2 Å². The zero-order valence-corrected chi connectivity index (χ0v) is 26.6. The van der Waals surface area contributed by atoms with Crippen molar-refractivity contribution in [1.29, 1.82) is 0 Å². The van der Waals surface area contributed by atoms with Crippen LogP contribution in [0, 0.1) is 5.41 Å². The Hall–Kier alpha value is -3.98. The molecule has 2 aliphatic heterocycles. The van der Waals surface area contributed by atoms with Gasteiger partial charge in [-0.1, -0.05) is 26.0 Å². The van der Waals surface area contributed by atoms with E-state index in [1.54, 1.807) is 12.3 Å². The van der Waals surface area contributed by atoms with Crippen LogP contribution in [-0.4, -0.2) is 55.5 Å². The van der Waals surface area contributed by atoms with Crippen LogP contribution >= 0.6 is 0 Å². The number of carbonyl (C=O) groups excluding carboxylic acids is 1. The SMILES string of the molecule is CC(C)n1cnc2cc(-c3ccc4c(c3)N(C3CC(N5CCCC(C)(C)C5)C3)C(=O)C4(C)C)nc(Nc3ccc(=O)[nH]c3)c21. The summed E-state index contributed by atoms with van der Waals surface area (Å²) < 4.78 is 2.10. The third-order valence-corrected chi connectivity index (χ3v) is 10.0. The largest absolute Gasteiger partial charge is 0.337 e. The molecule has 2 fully saturated rings. The Kier molecular flexibility index (Phi) is 6.73. The molecule has 0 spiro atoms. The topological polar surface area (TPSA) is 99.2 Å². The lowest BCUT2D eigenvalue weighted by Crippen LogP contribution is -2.58. The van der Waals surface area contributed by atoms with Crippen molar-refractivity contribution in [2.45, 2.75) is 90.8 Å². The van der Waals surface area contributed by atoms with E-state index >= 15 is 0 Å². The zero-order chi connectivity index (χ0) is 31.0. The van der Waals surface area contributed by atoms with Crippen molar-refractivity contribution in [3.05, 3.63) is 64.8 Å². The molecule has 7 rings (SSSR count). The van der Waals surface area contributed by atoms with Gasteiger partial charge in [-0.05, 0) is 89.1 Å². The summed E-state index contributed by atoms with van der Waals surface area (Å²) in [6, 6.07) is 12.5. The highest BCUT2D eigenvalue weighted by atomic mass is 16.2. The first kappa shape index (κ1) is 28.8. The zero-order valence-electron chi connectivity index (χ0n) is 26.6. The molecule has 4 aromatic rings. The number of carbonyl (C=O) groups is 1. The number of aromatic nitrogens is 4. The molecule has 0 radical (unpaired) electrons. The Morgan fingerprint density at radius 1 is 1.02 bits per heavy atom. The van der Waals surface area contributed by atoms with Crippen LogP contribution in [0.5, 0.6) is 0 Å². The predicted molar refractivity (Wildman–Crippen MR) is 176 cm³/mol. The maximum atomic E-state index is 13.9. The van der Waals surface area contributed by atoms with Gasteiger partial charge in [0.25, 0.3) is 0 Å². The molecule has 0 atom stereocenters. The van der Waals surface area contributed by atoms with E-state index in [0.29, 0.717) is 17.3 Å². The predicted octanol–water partition coefficient (Wildman–Crippen LogP) is 6.39. The van der Waals surface area contributed by atoms with Gasteiger partial charge in [0.1, 0.15) is 5.52 Å². The molecule has 3 aromatic heterocycles. The minimum Gasteiger partial charge on any atom is -0.337 e. The second-order valence-corrected chi connectivity index (χ2v) is 14.6. The third kappa shape index (κ3) is 4.82. The van der Waals surface area contributed by atoms with Crippen LogP contribution in [-0.2, 0) is 10.2 Å². The van der Waals surface area contributed by atoms with Crippen LogP contribution in [0.4, 0.5) is 17.2 Å². The van der Waals surface area contributed by atoms with Gasteiger partial charge in [0.05, 0.1) is 28.6 Å². The van der Waals surface area contributed by atoms with Crippen LogP contribution in [0.3, 0.4) is 0 Å². The molecule has 1 saturated heterocycles. The van der Waals surface area contributed by atoms with Crippen molar-refractivity contribution in [3.8, 4) is 11.3 Å². The van der Waals surface area contributed by atoms with Crippen molar-refractivity contribution >= 4 is 34.1 Å². The molecule has 9 heteroatoms. The summed E-state index contributed by atoms with van der Waals surface area (Å²) in [4.78, 5) is 42.9. The van der Waals surface area contributed by atoms with Crippen LogP contribution in [0.25, 0.3) is 22.3 Å². The van der Waals surface area contributed by atoms with Crippen molar-refractivity contribution in [3.63, 3.8) is 0 Å². The lowest BCUT2D eigenvalue weighted by molar-refractivity contribution is -0.123. The molecule has 44 heavy (non-hydrogen) atoms. The summed E-state index contributed by atoms with van der Waals surface area (Å²) in [6.45, 7) is 15.4. The summed E-state index contributed by atoms with van der Waals surface area (Å²) in [5, 5.41) is 3.41. The van der Waals surface area contributed by atoms with E-state index in [1.807, 2.05) is 26.2 Å². The molecule has 5 heterocycles. The highest BCUT2D eigenvalue weighted by Crippen LogP contribution is 2.48. The lowest BCUT2D eigenvalue weighted by atomic mass is 9.78. The normalized spacial score (nSPS) is 22.8. The van der Waals surface area contributed by atoms with Gasteiger partial charge in [0, 0.05) is 48.2 Å². The van der Waals surface area contributed by atoms with Gasteiger partial charge >= 0.3 is 0 Å². The molecule has 1 aliphatic carbocycles. The molecule has 230 valence electrons. The number of hydrogen-bond acceptors (Lipinski definition) is 6. The van der Waals surface area contributed by atoms with Crippen molar-refractivity contribution < 1.29 is 4.79 Å². The number of rotatable bonds is 6. The van der Waals surface area contributed by atoms with Crippen LogP contribution in [0.1, 0.15) is 78.8 Å². The Morgan fingerprint density at radius 2 is 1.82 bits per heavy atom. The van der Waals surface area contributed by atoms with Crippen molar-refractivity contribution in [2.75, 3.05) is 23.3 Å². The molecule has 0 bridgehead atoms. The van der Waals surface area contributed by atoms with E-state index in [1.165, 1.54) is 18.9 Å². The smallest absolute Gasteiger partial charge is 0.248 e. The summed E-state index contributed by atoms with van der Waals surface area (Å²) in [5.41, 5.74) is 5.89. The highest BCUT2D eigenvalue weighted by molar-refractivity contribution is 6.08. The number of nitrogens with one attached hydrogen (secondary N) is 2. The molecular weight excluding hydrogens is 550 g/mol. The summed E-state index contributed by atoms with van der Waals surface area (Å²) in [6.07, 6.45) is 8.07. The summed E-state index contributed by atoms with van der Waals surface area (Å²) >= 11 is 0. The second kappa shape index (κ2) is 10.3. The fourth-order valence-corrected chi connectivity index (χ4v) is 7.47. The molecule has 2 N–H and O–H groups in total. The minimum absolute atomic E-state index is 0.160. The van der Waals surface area contributed by atoms with Crippen LogP contribution in [0.15, 0.2) is 53.7 Å². The standard InChI is InChI=1S/C35H43N7O2/c1-21(2)41-20-37-28-17-27(39-32(31(28)41)38-23-9-11-30(43)36-18-23)22-8-10-26-29(14-22)42(33(44)35(26,5)6)25-15-24(16-25)40-13-7-12-34(3,4)19-40/h8-11,14,17-18,20-21,24-25H,7,12-13,15-16,19H2,1-6H3,(H,36,43)(H,38,39). The number of benzene rings is 1. The number of aromatic amines is 1. The fraction of sp³-hybridized carbons (Fsp3) is 0.486. The van der Waals surface area contributed by atoms with Gasteiger partial charge in [-0.15, -0.1) is 0 Å². The first-order chi connectivity index (χ1) is 20.9. The highest BCUT2D eigenvalue weighted by Gasteiger charge is 2.50. The van der Waals surface area contributed by atoms with Gasteiger partial charge in [0.2, 0.25) is 11.5 Å². The Balaban J connectivity index is 1.24. The molecule has 9 nitrogen and oxygen atoms in total. The number of hydrogen-bond donors (Lipinski definition) is 2. The molecule has 1 saturated carbocycles. The van der Waals surface area contributed by atoms with E-state index in [2.05, 4.69) is 70.6 Å². The number of imidazole rings is 1. The van der Waals surface area contributed by atoms with E-state index in [-0.39, 0.29) is 23.6 Å². The van der Waals surface area contributed by atoms with Gasteiger partial charge in [-0.2, -0.15) is 0 Å². The quantitative estimate of drug-likeness (QED) is 0.269. The molecular formula is C35H43N7O2. The van der Waals surface area contributed by atoms with Gasteiger partial charge < -0.3 is 19.8 Å². The first-order valence-corrected chi connectivity index (χ1v) is 16.0. The number of H-pyrrole nitrogens is 1. The minimum atomic E-state index is -0.573. The number of amides is 1. The average molecular weight is 594 g/mol. The number of likely N-dealkylation sites (tertiary alicyclic amines) is 1. The number of fused-ring (bicyclic) bond motifs is 2. The first-order valence-electron chi connectivity index (χ1n) is 16.0. The van der Waals surface area contributed by atoms with Crippen LogP contribution < -0.4 is 15.8 Å². The van der Waals surface area contributed by atoms with Crippen molar-refractivity contribution in [2.24, 2.45) is 5.41 Å². The summed E-state index contributed by atoms with van der Waals surface area (Å²) in [7, 11) is 0. The van der Waals surface area contributed by atoms with E-state index in [9.17, 15) is 9.59 Å². The Morgan fingerprint density at radius 3 is 2.52 bits per heavy atom. The molecule has 1 amide bonds. The third-order valence-electron chi connectivity index (χ3n) is 10.0. The fourth-order valence-electron chi connectivity index (χ4n) is 7.47. The summed E-state index contributed by atoms with van der Waals surface area (Å²) in [5.74, 6) is 0.849. The number of piperidine rings is 1. The van der Waals surface area contributed by atoms with Gasteiger partial charge in [0.15, 0.2) is 5.82 Å².